The molecule has 0 unspecified atom stereocenters. The first kappa shape index (κ1) is 18.7. The van der Waals surface area contributed by atoms with Gasteiger partial charge in [0.05, 0.1) is 16.2 Å². The van der Waals surface area contributed by atoms with Gasteiger partial charge in [-0.2, -0.15) is 0 Å². The van der Waals surface area contributed by atoms with E-state index in [4.69, 9.17) is 0 Å². The van der Waals surface area contributed by atoms with E-state index >= 15 is 0 Å². The summed E-state index contributed by atoms with van der Waals surface area (Å²) in [7, 11) is 0. The zero-order chi connectivity index (χ0) is 19.7. The van der Waals surface area contributed by atoms with E-state index in [9.17, 15) is 14.0 Å². The molecule has 2 aromatic carbocycles. The minimum absolute atomic E-state index is 0.0467. The summed E-state index contributed by atoms with van der Waals surface area (Å²) >= 11 is 1.29. The molecule has 1 saturated carbocycles. The molecular weight excluding hydrogens is 377 g/mol. The summed E-state index contributed by atoms with van der Waals surface area (Å²) in [6.07, 6.45) is 1.91. The number of halogens is 1. The third-order valence-corrected chi connectivity index (χ3v) is 5.79. The lowest BCUT2D eigenvalue weighted by Gasteiger charge is -2.16. The maximum atomic E-state index is 13.0. The van der Waals surface area contributed by atoms with Gasteiger partial charge in [0, 0.05) is 12.6 Å². The van der Waals surface area contributed by atoms with Gasteiger partial charge < -0.3 is 5.32 Å². The second-order valence-corrected chi connectivity index (χ2v) is 8.23. The van der Waals surface area contributed by atoms with Crippen LogP contribution in [0.25, 0.3) is 10.9 Å². The van der Waals surface area contributed by atoms with Crippen LogP contribution in [0.3, 0.4) is 0 Å². The fourth-order valence-corrected chi connectivity index (χ4v) is 4.01. The summed E-state index contributed by atoms with van der Waals surface area (Å²) in [5, 5.41) is 3.62. The van der Waals surface area contributed by atoms with E-state index in [1.165, 1.54) is 23.9 Å². The molecule has 1 aliphatic carbocycles. The molecule has 28 heavy (non-hydrogen) atoms. The van der Waals surface area contributed by atoms with Gasteiger partial charge in [0.2, 0.25) is 5.91 Å². The first-order valence-electron chi connectivity index (χ1n) is 9.23. The Morgan fingerprint density at radius 1 is 1.25 bits per heavy atom. The summed E-state index contributed by atoms with van der Waals surface area (Å²) in [5.41, 5.74) is 1.42. The number of carbonyl (C=O) groups is 1. The quantitative estimate of drug-likeness (QED) is 0.509. The van der Waals surface area contributed by atoms with Gasteiger partial charge in [0.1, 0.15) is 5.82 Å². The van der Waals surface area contributed by atoms with Crippen molar-refractivity contribution in [1.82, 2.24) is 14.9 Å². The number of amides is 1. The van der Waals surface area contributed by atoms with Crippen LogP contribution in [0.5, 0.6) is 0 Å². The number of hydrogen-bond donors (Lipinski definition) is 1. The van der Waals surface area contributed by atoms with Crippen LogP contribution in [0, 0.1) is 5.82 Å². The Labute approximate surface area is 166 Å². The molecule has 1 aromatic heterocycles. The third-order valence-electron chi connectivity index (χ3n) is 4.72. The van der Waals surface area contributed by atoms with Crippen LogP contribution in [-0.2, 0) is 11.3 Å². The maximum absolute atomic E-state index is 13.0. The predicted molar refractivity (Wildman–Crippen MR) is 108 cm³/mol. The number of hydrogen-bond acceptors (Lipinski definition) is 4. The number of benzene rings is 2. The van der Waals surface area contributed by atoms with Crippen molar-refractivity contribution in [3.63, 3.8) is 0 Å². The van der Waals surface area contributed by atoms with Crippen LogP contribution in [0.15, 0.2) is 58.5 Å². The van der Waals surface area contributed by atoms with Crippen molar-refractivity contribution < 1.29 is 9.18 Å². The van der Waals surface area contributed by atoms with Gasteiger partial charge in [0.15, 0.2) is 5.16 Å². The minimum atomic E-state index is -0.418. The van der Waals surface area contributed by atoms with Crippen LogP contribution >= 0.6 is 11.8 Å². The molecule has 0 bridgehead atoms. The molecule has 1 amide bonds. The van der Waals surface area contributed by atoms with Crippen LogP contribution in [0.2, 0.25) is 0 Å². The predicted octanol–water partition coefficient (Wildman–Crippen LogP) is 3.67. The topological polar surface area (TPSA) is 64.0 Å². The zero-order valence-corrected chi connectivity index (χ0v) is 16.2. The van der Waals surface area contributed by atoms with E-state index in [1.54, 1.807) is 29.7 Å². The number of fused-ring (bicyclic) bond motifs is 1. The van der Waals surface area contributed by atoms with Gasteiger partial charge in [-0.1, -0.05) is 36.0 Å². The first-order chi connectivity index (χ1) is 13.5. The maximum Gasteiger partial charge on any atom is 0.262 e. The molecule has 144 valence electrons. The van der Waals surface area contributed by atoms with E-state index < -0.39 is 5.25 Å². The number of carbonyl (C=O) groups excluding carboxylic acids is 1. The molecule has 4 rings (SSSR count). The molecule has 7 heteroatoms. The highest BCUT2D eigenvalue weighted by Gasteiger charge is 2.30. The first-order valence-corrected chi connectivity index (χ1v) is 10.1. The Balaban J connectivity index is 1.52. The molecule has 1 heterocycles. The standard InChI is InChI=1S/C21H20FN3O2S/c1-13(19(26)23-12-14-6-8-15(22)9-7-14)28-21-24-18-5-3-2-4-17(18)20(27)25(21)16-10-11-16/h2-9,13,16H,10-12H2,1H3,(H,23,26)/t13-/m0/s1. The average molecular weight is 397 g/mol. The molecule has 0 radical (unpaired) electrons. The van der Waals surface area contributed by atoms with Crippen molar-refractivity contribution in [2.24, 2.45) is 0 Å². The third kappa shape index (κ3) is 3.94. The number of nitrogens with one attached hydrogen (secondary N) is 1. The van der Waals surface area contributed by atoms with Crippen LogP contribution in [-0.4, -0.2) is 20.7 Å². The second-order valence-electron chi connectivity index (χ2n) is 6.92. The van der Waals surface area contributed by atoms with Gasteiger partial charge >= 0.3 is 0 Å². The van der Waals surface area contributed by atoms with Crippen molar-refractivity contribution in [2.45, 2.75) is 42.8 Å². The van der Waals surface area contributed by atoms with Crippen LogP contribution < -0.4 is 10.9 Å². The molecule has 1 fully saturated rings. The lowest BCUT2D eigenvalue weighted by atomic mass is 10.2. The molecule has 1 N–H and O–H groups in total. The van der Waals surface area contributed by atoms with Gasteiger partial charge in [-0.15, -0.1) is 0 Å². The molecule has 0 spiro atoms. The molecule has 5 nitrogen and oxygen atoms in total. The van der Waals surface area contributed by atoms with Crippen LogP contribution in [0.4, 0.5) is 4.39 Å². The fourth-order valence-electron chi connectivity index (χ4n) is 3.01. The summed E-state index contributed by atoms with van der Waals surface area (Å²) < 4.78 is 14.7. The highest BCUT2D eigenvalue weighted by molar-refractivity contribution is 8.00. The Bertz CT molecular complexity index is 1080. The monoisotopic (exact) mass is 397 g/mol. The second kappa shape index (κ2) is 7.75. The van der Waals surface area contributed by atoms with E-state index in [0.717, 1.165) is 18.4 Å². The fraction of sp³-hybridized carbons (Fsp3) is 0.286. The summed E-state index contributed by atoms with van der Waals surface area (Å²) in [5.74, 6) is -0.460. The lowest BCUT2D eigenvalue weighted by molar-refractivity contribution is -0.120. The summed E-state index contributed by atoms with van der Waals surface area (Å²) in [6.45, 7) is 2.12. The Morgan fingerprint density at radius 3 is 2.68 bits per heavy atom. The number of para-hydroxylation sites is 1. The van der Waals surface area contributed by atoms with E-state index in [-0.39, 0.29) is 23.3 Å². The molecule has 0 aliphatic heterocycles. The van der Waals surface area contributed by atoms with Gasteiger partial charge in [0.25, 0.3) is 5.56 Å². The number of thioether (sulfide) groups is 1. The lowest BCUT2D eigenvalue weighted by Crippen LogP contribution is -2.31. The highest BCUT2D eigenvalue weighted by atomic mass is 32.2. The van der Waals surface area contributed by atoms with Crippen molar-refractivity contribution >= 4 is 28.6 Å². The zero-order valence-electron chi connectivity index (χ0n) is 15.4. The number of nitrogens with zero attached hydrogens (tertiary/aromatic N) is 2. The largest absolute Gasteiger partial charge is 0.351 e. The SMILES string of the molecule is C[C@H](Sc1nc2ccccc2c(=O)n1C1CC1)C(=O)NCc1ccc(F)cc1. The van der Waals surface area contributed by atoms with E-state index in [2.05, 4.69) is 10.3 Å². The van der Waals surface area contributed by atoms with Crippen molar-refractivity contribution in [3.05, 3.63) is 70.3 Å². The smallest absolute Gasteiger partial charge is 0.262 e. The Hall–Kier alpha value is -2.67. The average Bonchev–Trinajstić information content (AvgIpc) is 3.52. The summed E-state index contributed by atoms with van der Waals surface area (Å²) in [6, 6.07) is 13.5. The molecule has 1 aliphatic rings. The van der Waals surface area contributed by atoms with Crippen molar-refractivity contribution in [2.75, 3.05) is 0 Å². The molecule has 0 saturated heterocycles. The van der Waals surface area contributed by atoms with Crippen molar-refractivity contribution in [3.8, 4) is 0 Å². The number of rotatable bonds is 6. The molecule has 3 aromatic rings. The Morgan fingerprint density at radius 2 is 1.96 bits per heavy atom. The highest BCUT2D eigenvalue weighted by Crippen LogP contribution is 2.37. The minimum Gasteiger partial charge on any atom is -0.351 e. The van der Waals surface area contributed by atoms with Gasteiger partial charge in [-0.3, -0.25) is 14.2 Å². The molecular formula is C21H20FN3O2S. The Kier molecular flexibility index (Phi) is 5.17. The van der Waals surface area contributed by atoms with E-state index in [0.29, 0.717) is 22.6 Å². The van der Waals surface area contributed by atoms with Gasteiger partial charge in [-0.25, -0.2) is 9.37 Å². The van der Waals surface area contributed by atoms with Gasteiger partial charge in [-0.05, 0) is 49.6 Å². The molecule has 1 atom stereocenters. The van der Waals surface area contributed by atoms with E-state index in [1.807, 2.05) is 18.2 Å². The normalized spacial score (nSPS) is 14.8. The van der Waals surface area contributed by atoms with Crippen LogP contribution in [0.1, 0.15) is 31.4 Å². The summed E-state index contributed by atoms with van der Waals surface area (Å²) in [4.78, 5) is 30.1. The van der Waals surface area contributed by atoms with Crippen molar-refractivity contribution in [1.29, 1.82) is 0 Å². The number of aromatic nitrogens is 2.